The highest BCUT2D eigenvalue weighted by Crippen LogP contribution is 2.25. The van der Waals surface area contributed by atoms with Crippen molar-refractivity contribution in [3.05, 3.63) is 17.0 Å². The van der Waals surface area contributed by atoms with Gasteiger partial charge in [0.2, 0.25) is 0 Å². The lowest BCUT2D eigenvalue weighted by molar-refractivity contribution is 0.391. The summed E-state index contributed by atoms with van der Waals surface area (Å²) >= 11 is 7.89. The van der Waals surface area contributed by atoms with E-state index in [4.69, 9.17) is 11.6 Å². The van der Waals surface area contributed by atoms with Gasteiger partial charge in [0.15, 0.2) is 5.17 Å². The third kappa shape index (κ3) is 3.01. The fraction of sp³-hybridized carbons (Fsp3) is 0.615. The molecule has 1 saturated heterocycles. The molecule has 3 heterocycles. The monoisotopic (exact) mass is 311 g/mol. The highest BCUT2D eigenvalue weighted by molar-refractivity contribution is 8.14. The van der Waals surface area contributed by atoms with Crippen molar-refractivity contribution in [2.75, 3.05) is 37.6 Å². The molecule has 0 spiro atoms. The van der Waals surface area contributed by atoms with Crippen LogP contribution in [0, 0.1) is 6.92 Å². The van der Waals surface area contributed by atoms with Crippen LogP contribution in [-0.4, -0.2) is 58.0 Å². The number of rotatable bonds is 1. The van der Waals surface area contributed by atoms with Crippen LogP contribution in [-0.2, 0) is 0 Å². The molecule has 0 saturated carbocycles. The average Bonchev–Trinajstić information content (AvgIpc) is 2.84. The maximum Gasteiger partial charge on any atom is 0.159 e. The summed E-state index contributed by atoms with van der Waals surface area (Å²) < 4.78 is 0. The van der Waals surface area contributed by atoms with E-state index >= 15 is 0 Å². The molecular formula is C13H18ClN5S. The molecule has 3 rings (SSSR count). The van der Waals surface area contributed by atoms with Crippen molar-refractivity contribution in [2.45, 2.75) is 19.1 Å². The van der Waals surface area contributed by atoms with Gasteiger partial charge < -0.3 is 9.80 Å². The number of halogens is 1. The molecule has 1 fully saturated rings. The second-order valence-corrected chi connectivity index (χ2v) is 6.91. The first kappa shape index (κ1) is 13.9. The number of thioether (sulfide) groups is 1. The Bertz CT molecular complexity index is 507. The van der Waals surface area contributed by atoms with Crippen LogP contribution in [0.1, 0.15) is 12.7 Å². The summed E-state index contributed by atoms with van der Waals surface area (Å²) in [5.74, 6) is 1.65. The topological polar surface area (TPSA) is 44.6 Å². The summed E-state index contributed by atoms with van der Waals surface area (Å²) in [5, 5.41) is 2.33. The molecule has 1 aromatic heterocycles. The number of aliphatic imine (C=N–C) groups is 1. The van der Waals surface area contributed by atoms with Crippen molar-refractivity contribution in [1.82, 2.24) is 14.9 Å². The minimum atomic E-state index is 0.513. The normalized spacial score (nSPS) is 23.1. The maximum atomic E-state index is 6.01. The molecule has 20 heavy (non-hydrogen) atoms. The summed E-state index contributed by atoms with van der Waals surface area (Å²) in [5.41, 5.74) is 0. The molecule has 0 bridgehead atoms. The van der Waals surface area contributed by atoms with E-state index in [-0.39, 0.29) is 0 Å². The number of hydrogen-bond donors (Lipinski definition) is 0. The molecule has 2 aliphatic heterocycles. The fourth-order valence-electron chi connectivity index (χ4n) is 2.44. The van der Waals surface area contributed by atoms with Gasteiger partial charge in [-0.25, -0.2) is 9.97 Å². The van der Waals surface area contributed by atoms with E-state index in [1.807, 2.05) is 24.8 Å². The van der Waals surface area contributed by atoms with Gasteiger partial charge in [-0.1, -0.05) is 30.3 Å². The average molecular weight is 312 g/mol. The molecule has 0 aromatic carbocycles. The van der Waals surface area contributed by atoms with Gasteiger partial charge >= 0.3 is 0 Å². The van der Waals surface area contributed by atoms with Crippen molar-refractivity contribution in [2.24, 2.45) is 4.99 Å². The molecule has 108 valence electrons. The Morgan fingerprint density at radius 1 is 1.20 bits per heavy atom. The summed E-state index contributed by atoms with van der Waals surface area (Å²) in [4.78, 5) is 17.8. The number of piperazine rings is 1. The molecule has 0 amide bonds. The summed E-state index contributed by atoms with van der Waals surface area (Å²) in [7, 11) is 0. The molecule has 0 aliphatic carbocycles. The summed E-state index contributed by atoms with van der Waals surface area (Å²) in [6, 6.07) is 1.84. The SMILES string of the molecule is Cc1nc(Cl)cc(N2CCN(C3=NCC(C)S3)CC2)n1. The van der Waals surface area contributed by atoms with Crippen LogP contribution < -0.4 is 4.90 Å². The van der Waals surface area contributed by atoms with Crippen LogP contribution in [0.2, 0.25) is 5.15 Å². The van der Waals surface area contributed by atoms with Gasteiger partial charge in [-0.3, -0.25) is 4.99 Å². The van der Waals surface area contributed by atoms with Crippen LogP contribution in [0.4, 0.5) is 5.82 Å². The fourth-order valence-corrected chi connectivity index (χ4v) is 3.65. The van der Waals surface area contributed by atoms with E-state index in [0.29, 0.717) is 10.4 Å². The molecule has 2 aliphatic rings. The van der Waals surface area contributed by atoms with E-state index in [1.165, 1.54) is 5.17 Å². The predicted molar refractivity (Wildman–Crippen MR) is 84.9 cm³/mol. The largest absolute Gasteiger partial charge is 0.353 e. The van der Waals surface area contributed by atoms with E-state index in [2.05, 4.69) is 31.7 Å². The smallest absolute Gasteiger partial charge is 0.159 e. The lowest BCUT2D eigenvalue weighted by atomic mass is 10.3. The second kappa shape index (κ2) is 5.77. The van der Waals surface area contributed by atoms with Gasteiger partial charge in [-0.2, -0.15) is 0 Å². The molecule has 0 radical (unpaired) electrons. The first-order valence-corrected chi connectivity index (χ1v) is 8.10. The van der Waals surface area contributed by atoms with Gasteiger partial charge in [-0.05, 0) is 6.92 Å². The summed E-state index contributed by atoms with van der Waals surface area (Å²) in [6.07, 6.45) is 0. The van der Waals surface area contributed by atoms with Gasteiger partial charge in [0.1, 0.15) is 16.8 Å². The Morgan fingerprint density at radius 2 is 1.90 bits per heavy atom. The second-order valence-electron chi connectivity index (χ2n) is 5.12. The lowest BCUT2D eigenvalue weighted by Gasteiger charge is -2.36. The van der Waals surface area contributed by atoms with Crippen LogP contribution in [0.3, 0.4) is 0 Å². The van der Waals surface area contributed by atoms with Crippen LogP contribution in [0.5, 0.6) is 0 Å². The first-order valence-electron chi connectivity index (χ1n) is 6.84. The highest BCUT2D eigenvalue weighted by atomic mass is 35.5. The highest BCUT2D eigenvalue weighted by Gasteiger charge is 2.25. The molecule has 1 unspecified atom stereocenters. The number of nitrogens with zero attached hydrogens (tertiary/aromatic N) is 5. The third-order valence-electron chi connectivity index (χ3n) is 3.46. The Hall–Kier alpha value is -1.01. The molecular weight excluding hydrogens is 294 g/mol. The Balaban J connectivity index is 1.63. The van der Waals surface area contributed by atoms with Crippen LogP contribution in [0.15, 0.2) is 11.1 Å². The number of aryl methyl sites for hydroxylation is 1. The number of aromatic nitrogens is 2. The van der Waals surface area contributed by atoms with Crippen molar-refractivity contribution in [3.8, 4) is 0 Å². The van der Waals surface area contributed by atoms with Crippen molar-refractivity contribution in [1.29, 1.82) is 0 Å². The molecule has 1 aromatic rings. The molecule has 1 atom stereocenters. The zero-order valence-corrected chi connectivity index (χ0v) is 13.3. The van der Waals surface area contributed by atoms with Gasteiger partial charge in [0.25, 0.3) is 0 Å². The maximum absolute atomic E-state index is 6.01. The van der Waals surface area contributed by atoms with Gasteiger partial charge in [-0.15, -0.1) is 0 Å². The predicted octanol–water partition coefficient (Wildman–Crippen LogP) is 2.05. The van der Waals surface area contributed by atoms with Gasteiger partial charge in [0.05, 0.1) is 6.54 Å². The zero-order chi connectivity index (χ0) is 14.1. The number of amidine groups is 1. The Kier molecular flexibility index (Phi) is 4.03. The zero-order valence-electron chi connectivity index (χ0n) is 11.7. The molecule has 0 N–H and O–H groups in total. The first-order chi connectivity index (χ1) is 9.61. The van der Waals surface area contributed by atoms with Crippen molar-refractivity contribution >= 4 is 34.3 Å². The van der Waals surface area contributed by atoms with Crippen LogP contribution >= 0.6 is 23.4 Å². The number of hydrogen-bond acceptors (Lipinski definition) is 6. The summed E-state index contributed by atoms with van der Waals surface area (Å²) in [6.45, 7) is 8.90. The minimum Gasteiger partial charge on any atom is -0.353 e. The van der Waals surface area contributed by atoms with E-state index < -0.39 is 0 Å². The van der Waals surface area contributed by atoms with Gasteiger partial charge in [0, 0.05) is 37.5 Å². The third-order valence-corrected chi connectivity index (χ3v) is 4.80. The number of anilines is 1. The van der Waals surface area contributed by atoms with Crippen LogP contribution in [0.25, 0.3) is 0 Å². The lowest BCUT2D eigenvalue weighted by Crippen LogP contribution is -2.48. The standard InChI is InChI=1S/C13H18ClN5S/c1-9-8-15-13(20-9)19-5-3-18(4-6-19)12-7-11(14)16-10(2)17-12/h7,9H,3-6,8H2,1-2H3. The molecule has 5 nitrogen and oxygen atoms in total. The van der Waals surface area contributed by atoms with Crippen molar-refractivity contribution in [3.63, 3.8) is 0 Å². The van der Waals surface area contributed by atoms with E-state index in [0.717, 1.165) is 44.4 Å². The Labute approximate surface area is 128 Å². The van der Waals surface area contributed by atoms with E-state index in [1.54, 1.807) is 0 Å². The minimum absolute atomic E-state index is 0.513. The quantitative estimate of drug-likeness (QED) is 0.743. The van der Waals surface area contributed by atoms with E-state index in [9.17, 15) is 0 Å². The molecule has 7 heteroatoms. The van der Waals surface area contributed by atoms with Crippen molar-refractivity contribution < 1.29 is 0 Å². The Morgan fingerprint density at radius 3 is 2.50 bits per heavy atom.